The third-order valence-corrected chi connectivity index (χ3v) is 4.57. The maximum absolute atomic E-state index is 13.1. The lowest BCUT2D eigenvalue weighted by atomic mass is 10.1. The van der Waals surface area contributed by atoms with Gasteiger partial charge in [-0.05, 0) is 42.5 Å². The quantitative estimate of drug-likeness (QED) is 0.898. The highest BCUT2D eigenvalue weighted by atomic mass is 32.2. The van der Waals surface area contributed by atoms with Crippen molar-refractivity contribution in [3.05, 3.63) is 35.1 Å². The summed E-state index contributed by atoms with van der Waals surface area (Å²) in [6.45, 7) is 1.82. The minimum Gasteiger partial charge on any atom is -0.212 e. The van der Waals surface area contributed by atoms with Crippen molar-refractivity contribution in [3.8, 4) is 0 Å². The average molecular weight is 257 g/mol. The van der Waals surface area contributed by atoms with E-state index in [0.29, 0.717) is 12.8 Å². The zero-order valence-electron chi connectivity index (χ0n) is 9.74. The van der Waals surface area contributed by atoms with E-state index in [9.17, 15) is 12.8 Å². The molecule has 1 atom stereocenters. The number of sulfonamides is 1. The van der Waals surface area contributed by atoms with Crippen molar-refractivity contribution < 1.29 is 12.8 Å². The molecule has 94 valence electrons. The highest BCUT2D eigenvalue weighted by Crippen LogP contribution is 2.32. The van der Waals surface area contributed by atoms with Crippen LogP contribution < -0.4 is 4.72 Å². The molecule has 1 unspecified atom stereocenters. The van der Waals surface area contributed by atoms with Gasteiger partial charge in [0.15, 0.2) is 0 Å². The van der Waals surface area contributed by atoms with Gasteiger partial charge in [-0.15, -0.1) is 0 Å². The summed E-state index contributed by atoms with van der Waals surface area (Å²) in [4.78, 5) is 0. The largest absolute Gasteiger partial charge is 0.212 e. The van der Waals surface area contributed by atoms with Crippen molar-refractivity contribution in [3.63, 3.8) is 0 Å². The van der Waals surface area contributed by atoms with E-state index >= 15 is 0 Å². The third kappa shape index (κ3) is 2.84. The smallest absolute Gasteiger partial charge is 0.212 e. The summed E-state index contributed by atoms with van der Waals surface area (Å²) in [6, 6.07) is 4.32. The summed E-state index contributed by atoms with van der Waals surface area (Å²) >= 11 is 0. The van der Waals surface area contributed by atoms with Gasteiger partial charge in [-0.1, -0.05) is 13.0 Å². The topological polar surface area (TPSA) is 46.2 Å². The Bertz CT molecular complexity index is 513. The number of halogens is 1. The zero-order valence-corrected chi connectivity index (χ0v) is 10.6. The molecular formula is C12H16FNO2S. The Kier molecular flexibility index (Phi) is 3.49. The van der Waals surface area contributed by atoms with Gasteiger partial charge >= 0.3 is 0 Å². The van der Waals surface area contributed by atoms with Crippen molar-refractivity contribution in [1.29, 1.82) is 0 Å². The van der Waals surface area contributed by atoms with Gasteiger partial charge in [-0.25, -0.2) is 17.5 Å². The number of hydrogen-bond donors (Lipinski definition) is 1. The van der Waals surface area contributed by atoms with Crippen molar-refractivity contribution >= 4 is 10.0 Å². The third-order valence-electron chi connectivity index (χ3n) is 2.98. The average Bonchev–Trinajstić information content (AvgIpc) is 2.60. The monoisotopic (exact) mass is 257 g/mol. The predicted molar refractivity (Wildman–Crippen MR) is 64.7 cm³/mol. The molecule has 0 saturated carbocycles. The van der Waals surface area contributed by atoms with Crippen LogP contribution in [-0.2, 0) is 16.4 Å². The molecule has 0 amide bonds. The van der Waals surface area contributed by atoms with E-state index in [-0.39, 0.29) is 17.6 Å². The molecule has 1 N–H and O–H groups in total. The molecule has 0 bridgehead atoms. The van der Waals surface area contributed by atoms with Crippen LogP contribution in [0.5, 0.6) is 0 Å². The van der Waals surface area contributed by atoms with Gasteiger partial charge in [0.25, 0.3) is 0 Å². The molecule has 0 spiro atoms. The standard InChI is InChI=1S/C12H16FNO2S/c1-2-7-17(15,16)14-12-6-4-9-3-5-10(13)8-11(9)12/h3,5,8,12,14H,2,4,6-7H2,1H3. The van der Waals surface area contributed by atoms with E-state index in [1.807, 2.05) is 6.92 Å². The van der Waals surface area contributed by atoms with Gasteiger partial charge in [0.2, 0.25) is 10.0 Å². The first-order chi connectivity index (χ1) is 8.02. The summed E-state index contributed by atoms with van der Waals surface area (Å²) in [5.41, 5.74) is 1.82. The van der Waals surface area contributed by atoms with Crippen LogP contribution >= 0.6 is 0 Å². The van der Waals surface area contributed by atoms with E-state index < -0.39 is 10.0 Å². The second-order valence-corrected chi connectivity index (χ2v) is 6.24. The molecule has 1 aromatic carbocycles. The SMILES string of the molecule is CCCS(=O)(=O)NC1CCc2ccc(F)cc21. The van der Waals surface area contributed by atoms with Crippen LogP contribution in [0.4, 0.5) is 4.39 Å². The number of benzene rings is 1. The van der Waals surface area contributed by atoms with Crippen LogP contribution in [0.2, 0.25) is 0 Å². The Hall–Kier alpha value is -0.940. The van der Waals surface area contributed by atoms with Crippen LogP contribution in [0.1, 0.15) is 36.9 Å². The number of nitrogens with one attached hydrogen (secondary N) is 1. The van der Waals surface area contributed by atoms with Crippen LogP contribution in [-0.4, -0.2) is 14.2 Å². The number of hydrogen-bond acceptors (Lipinski definition) is 2. The van der Waals surface area contributed by atoms with E-state index in [1.54, 1.807) is 6.07 Å². The lowest BCUT2D eigenvalue weighted by molar-refractivity contribution is 0.551. The second kappa shape index (κ2) is 4.74. The Balaban J connectivity index is 2.20. The first kappa shape index (κ1) is 12.5. The predicted octanol–water partition coefficient (Wildman–Crippen LogP) is 2.14. The molecule has 1 aliphatic carbocycles. The van der Waals surface area contributed by atoms with Gasteiger partial charge in [-0.2, -0.15) is 0 Å². The molecule has 5 heteroatoms. The molecule has 3 nitrogen and oxygen atoms in total. The van der Waals surface area contributed by atoms with Crippen LogP contribution in [0.15, 0.2) is 18.2 Å². The van der Waals surface area contributed by atoms with Crippen molar-refractivity contribution in [2.45, 2.75) is 32.2 Å². The van der Waals surface area contributed by atoms with Crippen molar-refractivity contribution in [2.75, 3.05) is 5.75 Å². The number of aryl methyl sites for hydroxylation is 1. The molecule has 1 aliphatic rings. The second-order valence-electron chi connectivity index (χ2n) is 4.37. The van der Waals surface area contributed by atoms with Crippen molar-refractivity contribution in [2.24, 2.45) is 0 Å². The molecular weight excluding hydrogens is 241 g/mol. The fraction of sp³-hybridized carbons (Fsp3) is 0.500. The maximum Gasteiger partial charge on any atom is 0.212 e. The summed E-state index contributed by atoms with van der Waals surface area (Å²) in [5, 5.41) is 0. The number of rotatable bonds is 4. The number of fused-ring (bicyclic) bond motifs is 1. The highest BCUT2D eigenvalue weighted by molar-refractivity contribution is 7.89. The van der Waals surface area contributed by atoms with Gasteiger partial charge in [-0.3, -0.25) is 0 Å². The van der Waals surface area contributed by atoms with Crippen LogP contribution in [0.3, 0.4) is 0 Å². The molecule has 0 aliphatic heterocycles. The van der Waals surface area contributed by atoms with E-state index in [1.165, 1.54) is 12.1 Å². The zero-order chi connectivity index (χ0) is 12.5. The molecule has 0 heterocycles. The van der Waals surface area contributed by atoms with Crippen molar-refractivity contribution in [1.82, 2.24) is 4.72 Å². The molecule has 0 aromatic heterocycles. The fourth-order valence-corrected chi connectivity index (χ4v) is 3.57. The maximum atomic E-state index is 13.1. The summed E-state index contributed by atoms with van der Waals surface area (Å²) in [7, 11) is -3.24. The van der Waals surface area contributed by atoms with E-state index in [4.69, 9.17) is 0 Å². The highest BCUT2D eigenvalue weighted by Gasteiger charge is 2.26. The van der Waals surface area contributed by atoms with E-state index in [0.717, 1.165) is 17.5 Å². The molecule has 0 saturated heterocycles. The van der Waals surface area contributed by atoms with Gasteiger partial charge in [0.1, 0.15) is 5.82 Å². The molecule has 1 aromatic rings. The lowest BCUT2D eigenvalue weighted by Crippen LogP contribution is -2.29. The molecule has 0 radical (unpaired) electrons. The Morgan fingerprint density at radius 2 is 2.24 bits per heavy atom. The minimum absolute atomic E-state index is 0.119. The van der Waals surface area contributed by atoms with E-state index in [2.05, 4.69) is 4.72 Å². The molecule has 0 fully saturated rings. The van der Waals surface area contributed by atoms with Gasteiger partial charge in [0.05, 0.1) is 5.75 Å². The lowest BCUT2D eigenvalue weighted by Gasteiger charge is -2.14. The van der Waals surface area contributed by atoms with Crippen LogP contribution in [0.25, 0.3) is 0 Å². The van der Waals surface area contributed by atoms with Gasteiger partial charge in [0, 0.05) is 6.04 Å². The molecule has 17 heavy (non-hydrogen) atoms. The first-order valence-corrected chi connectivity index (χ1v) is 7.45. The normalized spacial score (nSPS) is 19.3. The minimum atomic E-state index is -3.24. The Morgan fingerprint density at radius 3 is 2.94 bits per heavy atom. The van der Waals surface area contributed by atoms with Gasteiger partial charge < -0.3 is 0 Å². The fourth-order valence-electron chi connectivity index (χ4n) is 2.24. The summed E-state index contributed by atoms with van der Waals surface area (Å²) in [5.74, 6) is -0.195. The van der Waals surface area contributed by atoms with Crippen LogP contribution in [0, 0.1) is 5.82 Å². The Morgan fingerprint density at radius 1 is 1.47 bits per heavy atom. The first-order valence-electron chi connectivity index (χ1n) is 5.80. The summed E-state index contributed by atoms with van der Waals surface area (Å²) < 4.78 is 39.1. The summed E-state index contributed by atoms with van der Waals surface area (Å²) in [6.07, 6.45) is 2.09. The molecule has 2 rings (SSSR count). The Labute approximate surface area is 101 Å².